The lowest BCUT2D eigenvalue weighted by Crippen LogP contribution is -2.20. The van der Waals surface area contributed by atoms with Crippen LogP contribution in [0.25, 0.3) is 10.8 Å². The molecule has 0 bridgehead atoms. The van der Waals surface area contributed by atoms with Gasteiger partial charge in [-0.05, 0) is 12.1 Å². The van der Waals surface area contributed by atoms with Crippen LogP contribution in [0.15, 0.2) is 84.9 Å². The van der Waals surface area contributed by atoms with Gasteiger partial charge >= 0.3 is 0 Å². The fraction of sp³-hybridized carbons (Fsp3) is 0. The average molecular weight is 340 g/mol. The minimum atomic E-state index is -0.321. The number of nitrogens with zero attached hydrogens (tertiary/aromatic N) is 1. The van der Waals surface area contributed by atoms with E-state index in [1.54, 1.807) is 48.5 Å². The number of carbonyl (C=O) groups is 2. The highest BCUT2D eigenvalue weighted by atomic mass is 16.2. The maximum atomic E-state index is 13.2. The Hall–Kier alpha value is -3.66. The number of carbonyl (C=O) groups excluding carboxylic acids is 2. The molecule has 0 unspecified atom stereocenters. The number of aromatic nitrogens is 1. The molecule has 26 heavy (non-hydrogen) atoms. The summed E-state index contributed by atoms with van der Waals surface area (Å²) in [6.45, 7) is 0. The molecule has 126 valence electrons. The monoisotopic (exact) mass is 340 g/mol. The van der Waals surface area contributed by atoms with Gasteiger partial charge in [-0.15, -0.1) is 0 Å². The Balaban J connectivity index is 1.99. The molecule has 0 aliphatic heterocycles. The van der Waals surface area contributed by atoms with Crippen molar-refractivity contribution in [3.05, 3.63) is 102 Å². The largest absolute Gasteiger partial charge is 0.384 e. The van der Waals surface area contributed by atoms with E-state index in [-0.39, 0.29) is 23.2 Å². The predicted molar refractivity (Wildman–Crippen MR) is 102 cm³/mol. The quantitative estimate of drug-likeness (QED) is 0.570. The van der Waals surface area contributed by atoms with E-state index in [4.69, 9.17) is 5.73 Å². The Morgan fingerprint density at radius 3 is 1.77 bits per heavy atom. The van der Waals surface area contributed by atoms with Crippen LogP contribution in [0.3, 0.4) is 0 Å². The lowest BCUT2D eigenvalue weighted by Gasteiger charge is -2.10. The van der Waals surface area contributed by atoms with Crippen LogP contribution in [0.5, 0.6) is 0 Å². The van der Waals surface area contributed by atoms with Crippen molar-refractivity contribution < 1.29 is 9.59 Å². The molecule has 0 atom stereocenters. The molecule has 0 aliphatic carbocycles. The molecule has 0 radical (unpaired) electrons. The molecule has 4 aromatic rings. The van der Waals surface area contributed by atoms with Gasteiger partial charge in [0, 0.05) is 21.9 Å². The van der Waals surface area contributed by atoms with Gasteiger partial charge in [-0.25, -0.2) is 0 Å². The smallest absolute Gasteiger partial charge is 0.264 e. The molecular weight excluding hydrogens is 324 g/mol. The first-order valence-corrected chi connectivity index (χ1v) is 8.27. The highest BCUT2D eigenvalue weighted by Crippen LogP contribution is 2.31. The van der Waals surface area contributed by atoms with E-state index in [0.717, 1.165) is 0 Å². The number of benzene rings is 3. The second-order valence-electron chi connectivity index (χ2n) is 5.98. The van der Waals surface area contributed by atoms with Crippen LogP contribution >= 0.6 is 0 Å². The maximum absolute atomic E-state index is 13.2. The average Bonchev–Trinajstić information content (AvgIpc) is 3.01. The van der Waals surface area contributed by atoms with Gasteiger partial charge in [0.2, 0.25) is 5.78 Å². The van der Waals surface area contributed by atoms with Crippen LogP contribution < -0.4 is 5.73 Å². The molecule has 1 heterocycles. The molecule has 1 aromatic heterocycles. The Kier molecular flexibility index (Phi) is 3.86. The van der Waals surface area contributed by atoms with Crippen molar-refractivity contribution in [1.29, 1.82) is 0 Å². The van der Waals surface area contributed by atoms with Crippen molar-refractivity contribution in [2.24, 2.45) is 0 Å². The Morgan fingerprint density at radius 1 is 0.654 bits per heavy atom. The number of ketones is 1. The molecule has 2 N–H and O–H groups in total. The summed E-state index contributed by atoms with van der Waals surface area (Å²) in [5, 5.41) is 1.36. The van der Waals surface area contributed by atoms with Crippen LogP contribution in [-0.4, -0.2) is 16.3 Å². The van der Waals surface area contributed by atoms with E-state index in [9.17, 15) is 9.59 Å². The Morgan fingerprint density at radius 2 is 1.15 bits per heavy atom. The first-order valence-electron chi connectivity index (χ1n) is 8.27. The zero-order valence-electron chi connectivity index (χ0n) is 13.9. The molecule has 0 amide bonds. The minimum Gasteiger partial charge on any atom is -0.384 e. The van der Waals surface area contributed by atoms with E-state index in [2.05, 4.69) is 0 Å². The first kappa shape index (κ1) is 15.8. The molecule has 4 heteroatoms. The van der Waals surface area contributed by atoms with E-state index in [1.165, 1.54) is 4.57 Å². The lowest BCUT2D eigenvalue weighted by atomic mass is 10.0. The third kappa shape index (κ3) is 2.48. The van der Waals surface area contributed by atoms with Crippen molar-refractivity contribution >= 4 is 28.3 Å². The normalized spacial score (nSPS) is 10.8. The van der Waals surface area contributed by atoms with E-state index >= 15 is 0 Å². The standard InChI is InChI=1S/C22H16N2O2/c23-21-18-14-8-7-13-17(18)19(20(25)15-9-3-1-4-10-15)24(21)22(26)16-11-5-2-6-12-16/h1-14H,23H2. The van der Waals surface area contributed by atoms with Gasteiger partial charge in [0.05, 0.1) is 0 Å². The summed E-state index contributed by atoms with van der Waals surface area (Å²) in [7, 11) is 0. The van der Waals surface area contributed by atoms with Gasteiger partial charge < -0.3 is 5.73 Å². The first-order chi connectivity index (χ1) is 12.7. The second-order valence-corrected chi connectivity index (χ2v) is 5.98. The third-order valence-electron chi connectivity index (χ3n) is 4.40. The summed E-state index contributed by atoms with van der Waals surface area (Å²) in [5.41, 5.74) is 7.56. The molecule has 0 spiro atoms. The van der Waals surface area contributed by atoms with E-state index in [0.29, 0.717) is 21.9 Å². The number of anilines is 1. The number of fused-ring (bicyclic) bond motifs is 1. The predicted octanol–water partition coefficient (Wildman–Crippen LogP) is 4.14. The number of hydrogen-bond acceptors (Lipinski definition) is 3. The zero-order chi connectivity index (χ0) is 18.1. The summed E-state index contributed by atoms with van der Waals surface area (Å²) < 4.78 is 1.33. The van der Waals surface area contributed by atoms with Gasteiger partial charge in [-0.2, -0.15) is 0 Å². The summed E-state index contributed by atoms with van der Waals surface area (Å²) in [6.07, 6.45) is 0. The van der Waals surface area contributed by atoms with Crippen LogP contribution in [0, 0.1) is 0 Å². The van der Waals surface area contributed by atoms with Gasteiger partial charge in [0.25, 0.3) is 5.91 Å². The van der Waals surface area contributed by atoms with Crippen molar-refractivity contribution in [2.75, 3.05) is 5.73 Å². The third-order valence-corrected chi connectivity index (χ3v) is 4.40. The Bertz CT molecular complexity index is 1110. The number of nitrogen functional groups attached to an aromatic ring is 1. The number of rotatable bonds is 3. The summed E-state index contributed by atoms with van der Waals surface area (Å²) in [5.74, 6) is -0.282. The summed E-state index contributed by atoms with van der Waals surface area (Å²) in [6, 6.07) is 25.0. The van der Waals surface area contributed by atoms with Crippen molar-refractivity contribution in [2.45, 2.75) is 0 Å². The maximum Gasteiger partial charge on any atom is 0.264 e. The summed E-state index contributed by atoms with van der Waals surface area (Å²) >= 11 is 0. The molecule has 4 rings (SSSR count). The van der Waals surface area contributed by atoms with Gasteiger partial charge in [0.1, 0.15) is 11.5 Å². The molecule has 3 aromatic carbocycles. The molecule has 4 nitrogen and oxygen atoms in total. The Labute approximate surface area is 150 Å². The van der Waals surface area contributed by atoms with Crippen molar-refractivity contribution in [1.82, 2.24) is 4.57 Å². The van der Waals surface area contributed by atoms with Gasteiger partial charge in [-0.1, -0.05) is 72.8 Å². The fourth-order valence-corrected chi connectivity index (χ4v) is 3.15. The summed E-state index contributed by atoms with van der Waals surface area (Å²) in [4.78, 5) is 26.3. The number of hydrogen-bond donors (Lipinski definition) is 1. The van der Waals surface area contributed by atoms with Crippen molar-refractivity contribution in [3.63, 3.8) is 0 Å². The SMILES string of the molecule is Nc1c2ccccc2c(C(=O)c2ccccc2)n1C(=O)c1ccccc1. The topological polar surface area (TPSA) is 65.1 Å². The lowest BCUT2D eigenvalue weighted by molar-refractivity contribution is 0.0937. The molecular formula is C22H16N2O2. The van der Waals surface area contributed by atoms with Crippen LogP contribution in [0.2, 0.25) is 0 Å². The fourth-order valence-electron chi connectivity index (χ4n) is 3.15. The second kappa shape index (κ2) is 6.33. The van der Waals surface area contributed by atoms with Gasteiger partial charge in [-0.3, -0.25) is 14.2 Å². The molecule has 0 saturated carbocycles. The molecule has 0 saturated heterocycles. The van der Waals surface area contributed by atoms with Crippen LogP contribution in [-0.2, 0) is 0 Å². The minimum absolute atomic E-state index is 0.234. The van der Waals surface area contributed by atoms with Crippen LogP contribution in [0.4, 0.5) is 5.82 Å². The van der Waals surface area contributed by atoms with E-state index in [1.807, 2.05) is 36.4 Å². The van der Waals surface area contributed by atoms with Crippen LogP contribution in [0.1, 0.15) is 26.4 Å². The zero-order valence-corrected chi connectivity index (χ0v) is 13.9. The highest BCUT2D eigenvalue weighted by Gasteiger charge is 2.25. The highest BCUT2D eigenvalue weighted by molar-refractivity contribution is 6.21. The van der Waals surface area contributed by atoms with Crippen molar-refractivity contribution in [3.8, 4) is 0 Å². The molecule has 0 aliphatic rings. The van der Waals surface area contributed by atoms with E-state index < -0.39 is 0 Å². The molecule has 0 fully saturated rings. The number of nitrogens with two attached hydrogens (primary N) is 1. The van der Waals surface area contributed by atoms with Gasteiger partial charge in [0.15, 0.2) is 0 Å².